The van der Waals surface area contributed by atoms with Crippen LogP contribution in [0, 0.1) is 0 Å². The molecule has 2 aliphatic heterocycles. The zero-order valence-electron chi connectivity index (χ0n) is 17.2. The van der Waals surface area contributed by atoms with Crippen molar-refractivity contribution in [3.63, 3.8) is 0 Å². The third-order valence-corrected chi connectivity index (χ3v) is 6.59. The Balaban J connectivity index is 1.70. The van der Waals surface area contributed by atoms with Gasteiger partial charge < -0.3 is 10.2 Å². The molecule has 3 aliphatic rings. The molecule has 2 heterocycles. The lowest BCUT2D eigenvalue weighted by atomic mass is 9.72. The smallest absolute Gasteiger partial charge is 0.0629 e. The lowest BCUT2D eigenvalue weighted by Crippen LogP contribution is -2.30. The lowest BCUT2D eigenvalue weighted by molar-refractivity contribution is 0.466. The summed E-state index contributed by atoms with van der Waals surface area (Å²) in [7, 11) is 0. The van der Waals surface area contributed by atoms with Gasteiger partial charge in [-0.2, -0.15) is 0 Å². The summed E-state index contributed by atoms with van der Waals surface area (Å²) in [5.41, 5.74) is 7.78. The minimum Gasteiger partial charge on any atom is -0.359 e. The van der Waals surface area contributed by atoms with E-state index in [1.807, 2.05) is 0 Å². The van der Waals surface area contributed by atoms with Gasteiger partial charge in [0.15, 0.2) is 0 Å². The molecule has 3 atom stereocenters. The average molecular weight is 381 g/mol. The second-order valence-corrected chi connectivity index (χ2v) is 8.69. The first-order valence-electron chi connectivity index (χ1n) is 10.5. The lowest BCUT2D eigenvalue weighted by Gasteiger charge is -2.38. The molecule has 0 fully saturated rings. The van der Waals surface area contributed by atoms with Crippen molar-refractivity contribution in [3.8, 4) is 0 Å². The van der Waals surface area contributed by atoms with Crippen molar-refractivity contribution in [2.75, 3.05) is 10.2 Å². The predicted molar refractivity (Wildman–Crippen MR) is 124 cm³/mol. The fourth-order valence-corrected chi connectivity index (χ4v) is 5.23. The first kappa shape index (κ1) is 18.1. The van der Waals surface area contributed by atoms with Crippen LogP contribution < -0.4 is 10.2 Å². The maximum atomic E-state index is 4.28. The molecule has 0 radical (unpaired) electrons. The van der Waals surface area contributed by atoms with Crippen LogP contribution in [0.2, 0.25) is 0 Å². The van der Waals surface area contributed by atoms with Crippen LogP contribution in [0.3, 0.4) is 0 Å². The fraction of sp³-hybridized carbons (Fsp3) is 0.259. The van der Waals surface area contributed by atoms with Crippen LogP contribution >= 0.6 is 0 Å². The molecule has 0 spiro atoms. The van der Waals surface area contributed by atoms with Crippen LogP contribution in [0.15, 0.2) is 91.2 Å². The van der Waals surface area contributed by atoms with Crippen LogP contribution in [0.5, 0.6) is 0 Å². The maximum absolute atomic E-state index is 4.28. The molecule has 2 nitrogen and oxygen atoms in total. The van der Waals surface area contributed by atoms with Gasteiger partial charge in [0.2, 0.25) is 0 Å². The van der Waals surface area contributed by atoms with Crippen LogP contribution in [-0.2, 0) is 5.41 Å². The van der Waals surface area contributed by atoms with Crippen molar-refractivity contribution in [2.24, 2.45) is 0 Å². The van der Waals surface area contributed by atoms with E-state index in [0.717, 1.165) is 18.5 Å². The normalized spacial score (nSPS) is 27.0. The summed E-state index contributed by atoms with van der Waals surface area (Å²) in [5.74, 6) is 0.374. The van der Waals surface area contributed by atoms with Gasteiger partial charge in [-0.3, -0.25) is 0 Å². The summed E-state index contributed by atoms with van der Waals surface area (Å²) in [6, 6.07) is 15.9. The molecule has 2 aromatic carbocycles. The molecular weight excluding hydrogens is 352 g/mol. The Kier molecular flexibility index (Phi) is 4.24. The van der Waals surface area contributed by atoms with E-state index in [0.29, 0.717) is 12.0 Å². The van der Waals surface area contributed by atoms with Gasteiger partial charge in [-0.05, 0) is 55.2 Å². The highest BCUT2D eigenvalue weighted by atomic mass is 15.2. The topological polar surface area (TPSA) is 15.3 Å². The molecule has 2 heteroatoms. The molecule has 1 aliphatic carbocycles. The Hall–Kier alpha value is -3.00. The number of allylic oxidation sites excluding steroid dienone is 5. The molecule has 146 valence electrons. The van der Waals surface area contributed by atoms with E-state index in [1.54, 1.807) is 0 Å². The summed E-state index contributed by atoms with van der Waals surface area (Å²) < 4.78 is 0. The first-order chi connectivity index (χ1) is 14.1. The highest BCUT2D eigenvalue weighted by Gasteiger charge is 2.41. The standard InChI is InChI=1S/C27H28N2/c1-4-5-15-27(3)18-19(2)28-24-16-22-21-13-9-10-14-25(21)29(26(22)17-23(24)27)20-11-7-6-8-12-20/h4-14,16-17,21,25,28H,2,15,18H2,1,3H3/b5-4-/t21?,25?,27-/m1/s1. The maximum Gasteiger partial charge on any atom is 0.0629 e. The van der Waals surface area contributed by atoms with Gasteiger partial charge in [0.1, 0.15) is 0 Å². The van der Waals surface area contributed by atoms with Crippen molar-refractivity contribution in [1.29, 1.82) is 0 Å². The minimum atomic E-state index is 0.0566. The molecule has 5 rings (SSSR count). The van der Waals surface area contributed by atoms with E-state index in [4.69, 9.17) is 0 Å². The van der Waals surface area contributed by atoms with Crippen molar-refractivity contribution >= 4 is 17.1 Å². The summed E-state index contributed by atoms with van der Waals surface area (Å²) >= 11 is 0. The van der Waals surface area contributed by atoms with E-state index < -0.39 is 0 Å². The Morgan fingerprint density at radius 3 is 2.76 bits per heavy atom. The molecule has 0 saturated carbocycles. The fourth-order valence-electron chi connectivity index (χ4n) is 5.23. The monoisotopic (exact) mass is 380 g/mol. The first-order valence-corrected chi connectivity index (χ1v) is 10.5. The number of hydrogen-bond donors (Lipinski definition) is 1. The molecule has 29 heavy (non-hydrogen) atoms. The number of hydrogen-bond acceptors (Lipinski definition) is 2. The number of para-hydroxylation sites is 1. The van der Waals surface area contributed by atoms with Crippen LogP contribution in [0.25, 0.3) is 0 Å². The molecule has 0 bridgehead atoms. The highest BCUT2D eigenvalue weighted by molar-refractivity contribution is 5.80. The third kappa shape index (κ3) is 2.86. The van der Waals surface area contributed by atoms with Crippen molar-refractivity contribution in [3.05, 3.63) is 102 Å². The number of rotatable bonds is 3. The highest BCUT2D eigenvalue weighted by Crippen LogP contribution is 2.53. The molecule has 0 aromatic heterocycles. The van der Waals surface area contributed by atoms with Crippen LogP contribution in [0.1, 0.15) is 43.7 Å². The number of benzene rings is 2. The van der Waals surface area contributed by atoms with Crippen molar-refractivity contribution in [1.82, 2.24) is 0 Å². The van der Waals surface area contributed by atoms with Gasteiger partial charge in [-0.1, -0.05) is 68.2 Å². The van der Waals surface area contributed by atoms with E-state index in [-0.39, 0.29) is 5.41 Å². The largest absolute Gasteiger partial charge is 0.359 e. The SMILES string of the molecule is C=C1C[C@@](C)(C/C=C\C)c2cc3c(cc2N1)C1C=CC=CC1N3c1ccccc1. The summed E-state index contributed by atoms with van der Waals surface area (Å²) in [5, 5.41) is 3.59. The van der Waals surface area contributed by atoms with Crippen LogP contribution in [-0.4, -0.2) is 6.04 Å². The summed E-state index contributed by atoms with van der Waals surface area (Å²) in [4.78, 5) is 2.51. The molecular formula is C27H28N2. The molecule has 0 saturated heterocycles. The van der Waals surface area contributed by atoms with Crippen molar-refractivity contribution < 1.29 is 0 Å². The van der Waals surface area contributed by atoms with E-state index in [9.17, 15) is 0 Å². The van der Waals surface area contributed by atoms with Gasteiger partial charge in [0.25, 0.3) is 0 Å². The van der Waals surface area contributed by atoms with Gasteiger partial charge in [0.05, 0.1) is 6.04 Å². The van der Waals surface area contributed by atoms with Gasteiger partial charge >= 0.3 is 0 Å². The number of nitrogens with zero attached hydrogens (tertiary/aromatic N) is 1. The van der Waals surface area contributed by atoms with E-state index >= 15 is 0 Å². The second kappa shape index (κ2) is 6.81. The number of fused-ring (bicyclic) bond motifs is 4. The Labute approximate surface area is 173 Å². The zero-order valence-corrected chi connectivity index (χ0v) is 17.2. The van der Waals surface area contributed by atoms with Gasteiger partial charge in [-0.15, -0.1) is 0 Å². The molecule has 1 N–H and O–H groups in total. The third-order valence-electron chi connectivity index (χ3n) is 6.59. The van der Waals surface area contributed by atoms with Gasteiger partial charge in [0, 0.05) is 34.1 Å². The van der Waals surface area contributed by atoms with Crippen molar-refractivity contribution in [2.45, 2.75) is 44.1 Å². The quantitative estimate of drug-likeness (QED) is 0.578. The summed E-state index contributed by atoms with van der Waals surface area (Å²) in [6.07, 6.45) is 15.5. The van der Waals surface area contributed by atoms with E-state index in [2.05, 4.69) is 110 Å². The Morgan fingerprint density at radius 2 is 1.97 bits per heavy atom. The van der Waals surface area contributed by atoms with Crippen LogP contribution in [0.4, 0.5) is 17.1 Å². The Bertz CT molecular complexity index is 1040. The number of nitrogens with one attached hydrogen (secondary N) is 1. The molecule has 0 amide bonds. The minimum absolute atomic E-state index is 0.0566. The molecule has 2 aromatic rings. The number of anilines is 3. The summed E-state index contributed by atoms with van der Waals surface area (Å²) in [6.45, 7) is 8.76. The van der Waals surface area contributed by atoms with Gasteiger partial charge in [-0.25, -0.2) is 0 Å². The predicted octanol–water partition coefficient (Wildman–Crippen LogP) is 6.97. The Morgan fingerprint density at radius 1 is 1.17 bits per heavy atom. The average Bonchev–Trinajstić information content (AvgIpc) is 3.05. The second-order valence-electron chi connectivity index (χ2n) is 8.69. The van der Waals surface area contributed by atoms with E-state index in [1.165, 1.54) is 28.2 Å². The zero-order chi connectivity index (χ0) is 20.0. The molecule has 2 unspecified atom stereocenters.